The summed E-state index contributed by atoms with van der Waals surface area (Å²) in [4.78, 5) is 19.2. The lowest BCUT2D eigenvalue weighted by Gasteiger charge is -2.30. The van der Waals surface area contributed by atoms with E-state index in [-0.39, 0.29) is 5.91 Å². The normalized spacial score (nSPS) is 14.0. The van der Waals surface area contributed by atoms with Crippen LogP contribution >= 0.6 is 0 Å². The highest BCUT2D eigenvalue weighted by Crippen LogP contribution is 2.27. The van der Waals surface area contributed by atoms with Gasteiger partial charge in [-0.25, -0.2) is 4.98 Å². The van der Waals surface area contributed by atoms with Gasteiger partial charge in [-0.2, -0.15) is 0 Å². The number of anilines is 4. The van der Waals surface area contributed by atoms with E-state index in [1.807, 2.05) is 31.2 Å². The first-order chi connectivity index (χ1) is 13.7. The van der Waals surface area contributed by atoms with Gasteiger partial charge in [0, 0.05) is 25.4 Å². The number of carbonyl (C=O) groups is 1. The van der Waals surface area contributed by atoms with Crippen LogP contribution in [0.15, 0.2) is 53.2 Å². The summed E-state index contributed by atoms with van der Waals surface area (Å²) in [6.07, 6.45) is 1.53. The van der Waals surface area contributed by atoms with Crippen LogP contribution in [-0.4, -0.2) is 42.4 Å². The maximum atomic E-state index is 12.7. The van der Waals surface area contributed by atoms with E-state index in [1.165, 1.54) is 6.20 Å². The number of nitrogens with zero attached hydrogens (tertiary/aromatic N) is 3. The van der Waals surface area contributed by atoms with E-state index >= 15 is 0 Å². The van der Waals surface area contributed by atoms with Crippen LogP contribution < -0.4 is 15.5 Å². The summed E-state index contributed by atoms with van der Waals surface area (Å²) < 4.78 is 10.4. The molecule has 0 bridgehead atoms. The van der Waals surface area contributed by atoms with Crippen LogP contribution in [0, 0.1) is 6.92 Å². The van der Waals surface area contributed by atoms with Gasteiger partial charge in [0.2, 0.25) is 0 Å². The summed E-state index contributed by atoms with van der Waals surface area (Å²) in [5.74, 6) is 1.65. The number of carbonyl (C=O) groups excluding carboxylic acids is 1. The van der Waals surface area contributed by atoms with Crippen LogP contribution in [-0.2, 0) is 4.74 Å². The predicted molar refractivity (Wildman–Crippen MR) is 106 cm³/mol. The summed E-state index contributed by atoms with van der Waals surface area (Å²) in [5.41, 5.74) is 2.24. The predicted octanol–water partition coefficient (Wildman–Crippen LogP) is 3.21. The number of ether oxygens (including phenoxy) is 1. The SMILES string of the molecule is Cc1cc(Nc2ccc(C(=O)Nc3ccccc3N3CCOCC3)cn2)no1. The Balaban J connectivity index is 1.45. The number of hydrogen-bond donors (Lipinski definition) is 2. The van der Waals surface area contributed by atoms with E-state index in [1.54, 1.807) is 18.2 Å². The lowest BCUT2D eigenvalue weighted by Crippen LogP contribution is -2.36. The second kappa shape index (κ2) is 8.10. The van der Waals surface area contributed by atoms with Crippen LogP contribution in [0.2, 0.25) is 0 Å². The summed E-state index contributed by atoms with van der Waals surface area (Å²) in [7, 11) is 0. The quantitative estimate of drug-likeness (QED) is 0.703. The minimum Gasteiger partial charge on any atom is -0.378 e. The maximum Gasteiger partial charge on any atom is 0.257 e. The molecule has 28 heavy (non-hydrogen) atoms. The maximum absolute atomic E-state index is 12.7. The van der Waals surface area contributed by atoms with Crippen LogP contribution in [0.1, 0.15) is 16.1 Å². The second-order valence-electron chi connectivity index (χ2n) is 6.45. The van der Waals surface area contributed by atoms with Crippen molar-refractivity contribution in [3.8, 4) is 0 Å². The van der Waals surface area contributed by atoms with Gasteiger partial charge in [0.15, 0.2) is 5.82 Å². The molecule has 2 aromatic heterocycles. The molecule has 8 heteroatoms. The molecule has 3 aromatic rings. The van der Waals surface area contributed by atoms with Crippen molar-refractivity contribution in [3.05, 3.63) is 60.0 Å². The Bertz CT molecular complexity index is 948. The average Bonchev–Trinajstić information content (AvgIpc) is 3.14. The van der Waals surface area contributed by atoms with Gasteiger partial charge < -0.3 is 24.8 Å². The van der Waals surface area contributed by atoms with E-state index in [0.717, 1.165) is 24.5 Å². The van der Waals surface area contributed by atoms with Gasteiger partial charge in [-0.05, 0) is 31.2 Å². The molecule has 0 radical (unpaired) electrons. The third kappa shape index (κ3) is 4.12. The highest BCUT2D eigenvalue weighted by atomic mass is 16.5. The molecular formula is C20H21N5O3. The molecule has 0 atom stereocenters. The number of nitrogens with one attached hydrogen (secondary N) is 2. The molecule has 1 saturated heterocycles. The molecule has 1 fully saturated rings. The Morgan fingerprint density at radius 1 is 1.11 bits per heavy atom. The molecule has 0 unspecified atom stereocenters. The third-order valence-electron chi connectivity index (χ3n) is 4.41. The van der Waals surface area contributed by atoms with Crippen LogP contribution in [0.5, 0.6) is 0 Å². The molecule has 1 aliphatic heterocycles. The number of aromatic nitrogens is 2. The van der Waals surface area contributed by atoms with E-state index < -0.39 is 0 Å². The summed E-state index contributed by atoms with van der Waals surface area (Å²) in [5, 5.41) is 9.87. The van der Waals surface area contributed by atoms with Crippen molar-refractivity contribution in [1.29, 1.82) is 0 Å². The fourth-order valence-electron chi connectivity index (χ4n) is 3.01. The van der Waals surface area contributed by atoms with Crippen molar-refractivity contribution >= 4 is 28.9 Å². The van der Waals surface area contributed by atoms with Crippen LogP contribution in [0.4, 0.5) is 23.0 Å². The van der Waals surface area contributed by atoms with Crippen molar-refractivity contribution in [1.82, 2.24) is 10.1 Å². The van der Waals surface area contributed by atoms with Crippen molar-refractivity contribution in [3.63, 3.8) is 0 Å². The first-order valence-electron chi connectivity index (χ1n) is 9.08. The molecule has 0 aliphatic carbocycles. The molecule has 1 aliphatic rings. The first kappa shape index (κ1) is 18.0. The Morgan fingerprint density at radius 2 is 1.93 bits per heavy atom. The molecule has 1 amide bonds. The Morgan fingerprint density at radius 3 is 2.64 bits per heavy atom. The van der Waals surface area contributed by atoms with E-state index in [2.05, 4.69) is 25.7 Å². The van der Waals surface area contributed by atoms with Crippen molar-refractivity contribution in [2.45, 2.75) is 6.92 Å². The molecular weight excluding hydrogens is 358 g/mol. The monoisotopic (exact) mass is 379 g/mol. The van der Waals surface area contributed by atoms with E-state index in [0.29, 0.717) is 36.2 Å². The largest absolute Gasteiger partial charge is 0.378 e. The van der Waals surface area contributed by atoms with Gasteiger partial charge >= 0.3 is 0 Å². The van der Waals surface area contributed by atoms with E-state index in [4.69, 9.17) is 9.26 Å². The van der Waals surface area contributed by atoms with Crippen molar-refractivity contribution in [2.24, 2.45) is 0 Å². The molecule has 0 saturated carbocycles. The fourth-order valence-corrected chi connectivity index (χ4v) is 3.01. The summed E-state index contributed by atoms with van der Waals surface area (Å²) in [6.45, 7) is 4.79. The molecule has 1 aromatic carbocycles. The van der Waals surface area contributed by atoms with Gasteiger partial charge in [0.05, 0.1) is 30.2 Å². The Hall–Kier alpha value is -3.39. The zero-order valence-electron chi connectivity index (χ0n) is 15.5. The number of morpholine rings is 1. The molecule has 3 heterocycles. The van der Waals surface area contributed by atoms with Crippen molar-refractivity contribution < 1.29 is 14.1 Å². The smallest absolute Gasteiger partial charge is 0.257 e. The first-order valence-corrected chi connectivity index (χ1v) is 9.08. The zero-order chi connectivity index (χ0) is 19.3. The fraction of sp³-hybridized carbons (Fsp3) is 0.250. The van der Waals surface area contributed by atoms with Crippen LogP contribution in [0.25, 0.3) is 0 Å². The number of benzene rings is 1. The standard InChI is InChI=1S/C20H21N5O3/c1-14-12-19(24-28-14)23-18-7-6-15(13-21-18)20(26)22-16-4-2-3-5-17(16)25-8-10-27-11-9-25/h2-7,12-13H,8-11H2,1H3,(H,22,26)(H,21,23,24). The number of para-hydroxylation sites is 2. The average molecular weight is 379 g/mol. The summed E-state index contributed by atoms with van der Waals surface area (Å²) in [6, 6.07) is 13.0. The topological polar surface area (TPSA) is 92.5 Å². The minimum atomic E-state index is -0.211. The number of rotatable bonds is 5. The lowest BCUT2D eigenvalue weighted by atomic mass is 10.2. The number of hydrogen-bond acceptors (Lipinski definition) is 7. The molecule has 0 spiro atoms. The molecule has 8 nitrogen and oxygen atoms in total. The van der Waals surface area contributed by atoms with E-state index in [9.17, 15) is 4.79 Å². The summed E-state index contributed by atoms with van der Waals surface area (Å²) >= 11 is 0. The highest BCUT2D eigenvalue weighted by molar-refractivity contribution is 6.05. The minimum absolute atomic E-state index is 0.211. The van der Waals surface area contributed by atoms with Crippen LogP contribution in [0.3, 0.4) is 0 Å². The lowest BCUT2D eigenvalue weighted by molar-refractivity contribution is 0.102. The number of pyridine rings is 1. The zero-order valence-corrected chi connectivity index (χ0v) is 15.5. The number of aryl methyl sites for hydroxylation is 1. The molecule has 2 N–H and O–H groups in total. The second-order valence-corrected chi connectivity index (χ2v) is 6.45. The molecule has 144 valence electrons. The van der Waals surface area contributed by atoms with Crippen molar-refractivity contribution in [2.75, 3.05) is 41.8 Å². The molecule has 4 rings (SSSR count). The van der Waals surface area contributed by atoms with Gasteiger partial charge in [0.1, 0.15) is 11.6 Å². The van der Waals surface area contributed by atoms with Gasteiger partial charge in [-0.1, -0.05) is 17.3 Å². The Labute approximate surface area is 162 Å². The highest BCUT2D eigenvalue weighted by Gasteiger charge is 2.16. The van der Waals surface area contributed by atoms with Gasteiger partial charge in [0.25, 0.3) is 5.91 Å². The Kier molecular flexibility index (Phi) is 5.20. The number of amides is 1. The van der Waals surface area contributed by atoms with Gasteiger partial charge in [-0.3, -0.25) is 4.79 Å². The third-order valence-corrected chi connectivity index (χ3v) is 4.41. The van der Waals surface area contributed by atoms with Gasteiger partial charge in [-0.15, -0.1) is 0 Å².